The van der Waals surface area contributed by atoms with Crippen LogP contribution in [0.3, 0.4) is 0 Å². The van der Waals surface area contributed by atoms with E-state index >= 15 is 0 Å². The zero-order chi connectivity index (χ0) is 11.4. The lowest BCUT2D eigenvalue weighted by Crippen LogP contribution is -2.42. The Labute approximate surface area is 98.4 Å². The lowest BCUT2D eigenvalue weighted by atomic mass is 10.00. The second-order valence-electron chi connectivity index (χ2n) is 5.29. The van der Waals surface area contributed by atoms with Crippen molar-refractivity contribution < 1.29 is 4.74 Å². The number of nitrogens with zero attached hydrogens (tertiary/aromatic N) is 2. The van der Waals surface area contributed by atoms with Crippen molar-refractivity contribution in [3.05, 3.63) is 0 Å². The van der Waals surface area contributed by atoms with E-state index in [9.17, 15) is 0 Å². The summed E-state index contributed by atoms with van der Waals surface area (Å²) in [5, 5.41) is 8.81. The normalized spacial score (nSPS) is 28.6. The molecule has 0 radical (unpaired) electrons. The number of ether oxygens (including phenoxy) is 1. The first-order valence-electron chi connectivity index (χ1n) is 6.49. The molecule has 0 N–H and O–H groups in total. The summed E-state index contributed by atoms with van der Waals surface area (Å²) in [4.78, 5) is 2.51. The molecule has 1 saturated carbocycles. The Bertz CT molecular complexity index is 266. The first-order valence-corrected chi connectivity index (χ1v) is 6.49. The van der Waals surface area contributed by atoms with Crippen molar-refractivity contribution in [1.82, 2.24) is 4.90 Å². The van der Waals surface area contributed by atoms with Gasteiger partial charge in [-0.2, -0.15) is 5.26 Å². The highest BCUT2D eigenvalue weighted by atomic mass is 16.5. The lowest BCUT2D eigenvalue weighted by Gasteiger charge is -2.34. The molecular formula is C13H22N2O. The molecule has 0 aromatic carbocycles. The van der Waals surface area contributed by atoms with E-state index in [1.54, 1.807) is 0 Å². The van der Waals surface area contributed by atoms with Crippen LogP contribution in [0.5, 0.6) is 0 Å². The summed E-state index contributed by atoms with van der Waals surface area (Å²) in [6.45, 7) is 6.26. The molecule has 1 aliphatic heterocycles. The molecule has 0 aromatic heterocycles. The standard InChI is InChI=1S/C13H22N2O/c1-2-16-12-4-3-9-15(10-12)11-13(5-6-13)7-8-14/h12H,2-7,9-11H2,1H3. The van der Waals surface area contributed by atoms with Gasteiger partial charge in [0.15, 0.2) is 0 Å². The van der Waals surface area contributed by atoms with Gasteiger partial charge in [0.25, 0.3) is 0 Å². The van der Waals surface area contributed by atoms with Crippen LogP contribution in [0.2, 0.25) is 0 Å². The Morgan fingerprint density at radius 3 is 2.94 bits per heavy atom. The molecule has 3 heteroatoms. The van der Waals surface area contributed by atoms with Gasteiger partial charge in [-0.1, -0.05) is 0 Å². The van der Waals surface area contributed by atoms with E-state index in [0.717, 1.165) is 26.1 Å². The average molecular weight is 222 g/mol. The molecule has 1 aliphatic carbocycles. The molecule has 0 amide bonds. The molecule has 2 aliphatic rings. The molecule has 1 heterocycles. The third-order valence-corrected chi connectivity index (χ3v) is 3.83. The first kappa shape index (κ1) is 11.9. The Morgan fingerprint density at radius 2 is 2.31 bits per heavy atom. The fraction of sp³-hybridized carbons (Fsp3) is 0.923. The SMILES string of the molecule is CCOC1CCCN(CC2(CC#N)CC2)C1. The van der Waals surface area contributed by atoms with Gasteiger partial charge in [0.1, 0.15) is 0 Å². The Kier molecular flexibility index (Phi) is 3.83. The van der Waals surface area contributed by atoms with Gasteiger partial charge < -0.3 is 9.64 Å². The molecule has 0 bridgehead atoms. The number of likely N-dealkylation sites (tertiary alicyclic amines) is 1. The van der Waals surface area contributed by atoms with E-state index in [1.807, 2.05) is 0 Å². The maximum atomic E-state index is 8.81. The Hall–Kier alpha value is -0.590. The zero-order valence-electron chi connectivity index (χ0n) is 10.2. The van der Waals surface area contributed by atoms with Crippen LogP contribution >= 0.6 is 0 Å². The molecule has 3 nitrogen and oxygen atoms in total. The van der Waals surface area contributed by atoms with Crippen molar-refractivity contribution in [1.29, 1.82) is 5.26 Å². The summed E-state index contributed by atoms with van der Waals surface area (Å²) in [5.41, 5.74) is 0.350. The van der Waals surface area contributed by atoms with E-state index in [1.165, 1.54) is 32.2 Å². The van der Waals surface area contributed by atoms with Gasteiger partial charge in [-0.3, -0.25) is 0 Å². The van der Waals surface area contributed by atoms with E-state index in [-0.39, 0.29) is 0 Å². The maximum Gasteiger partial charge on any atom is 0.0702 e. The van der Waals surface area contributed by atoms with Crippen molar-refractivity contribution in [2.45, 2.75) is 45.1 Å². The van der Waals surface area contributed by atoms with Gasteiger partial charge in [0, 0.05) is 26.1 Å². The Morgan fingerprint density at radius 1 is 1.50 bits per heavy atom. The third-order valence-electron chi connectivity index (χ3n) is 3.83. The van der Waals surface area contributed by atoms with E-state index in [4.69, 9.17) is 10.00 Å². The van der Waals surface area contributed by atoms with Gasteiger partial charge in [0.05, 0.1) is 12.2 Å². The highest BCUT2D eigenvalue weighted by molar-refractivity contribution is 5.01. The average Bonchev–Trinajstić information content (AvgIpc) is 2.99. The van der Waals surface area contributed by atoms with Crippen LogP contribution in [0.25, 0.3) is 0 Å². The van der Waals surface area contributed by atoms with Crippen molar-refractivity contribution in [2.24, 2.45) is 5.41 Å². The summed E-state index contributed by atoms with van der Waals surface area (Å²) >= 11 is 0. The second-order valence-corrected chi connectivity index (χ2v) is 5.29. The number of piperidine rings is 1. The monoisotopic (exact) mass is 222 g/mol. The predicted octanol–water partition coefficient (Wildman–Crippen LogP) is 2.18. The number of hydrogen-bond acceptors (Lipinski definition) is 3. The molecule has 2 fully saturated rings. The molecule has 2 rings (SSSR count). The minimum Gasteiger partial charge on any atom is -0.377 e. The van der Waals surface area contributed by atoms with Crippen molar-refractivity contribution in [3.8, 4) is 6.07 Å². The summed E-state index contributed by atoms with van der Waals surface area (Å²) in [6.07, 6.45) is 6.11. The summed E-state index contributed by atoms with van der Waals surface area (Å²) < 4.78 is 5.70. The van der Waals surface area contributed by atoms with Crippen molar-refractivity contribution >= 4 is 0 Å². The summed E-state index contributed by atoms with van der Waals surface area (Å²) in [5.74, 6) is 0. The minimum atomic E-state index is 0.350. The quantitative estimate of drug-likeness (QED) is 0.715. The van der Waals surface area contributed by atoms with Gasteiger partial charge in [-0.25, -0.2) is 0 Å². The van der Waals surface area contributed by atoms with Crippen LogP contribution in [-0.2, 0) is 4.74 Å². The van der Waals surface area contributed by atoms with Crippen molar-refractivity contribution in [3.63, 3.8) is 0 Å². The van der Waals surface area contributed by atoms with Gasteiger partial charge in [-0.15, -0.1) is 0 Å². The molecule has 0 spiro atoms. The van der Waals surface area contributed by atoms with Gasteiger partial charge in [0.2, 0.25) is 0 Å². The number of hydrogen-bond donors (Lipinski definition) is 0. The molecule has 0 aromatic rings. The summed E-state index contributed by atoms with van der Waals surface area (Å²) in [6, 6.07) is 2.34. The van der Waals surface area contributed by atoms with E-state index in [2.05, 4.69) is 17.9 Å². The van der Waals surface area contributed by atoms with E-state index < -0.39 is 0 Å². The van der Waals surface area contributed by atoms with Crippen LogP contribution in [0, 0.1) is 16.7 Å². The molecule has 1 saturated heterocycles. The minimum absolute atomic E-state index is 0.350. The topological polar surface area (TPSA) is 36.3 Å². The van der Waals surface area contributed by atoms with Gasteiger partial charge >= 0.3 is 0 Å². The molecule has 90 valence electrons. The smallest absolute Gasteiger partial charge is 0.0702 e. The number of rotatable bonds is 5. The second kappa shape index (κ2) is 5.16. The van der Waals surface area contributed by atoms with E-state index in [0.29, 0.717) is 11.5 Å². The third kappa shape index (κ3) is 2.96. The van der Waals surface area contributed by atoms with Crippen LogP contribution < -0.4 is 0 Å². The van der Waals surface area contributed by atoms with Crippen LogP contribution in [0.4, 0.5) is 0 Å². The highest BCUT2D eigenvalue weighted by Gasteiger charge is 2.44. The number of nitriles is 1. The molecule has 1 unspecified atom stereocenters. The fourth-order valence-electron chi connectivity index (χ4n) is 2.74. The Balaban J connectivity index is 1.79. The van der Waals surface area contributed by atoms with Crippen LogP contribution in [0.1, 0.15) is 39.0 Å². The highest BCUT2D eigenvalue weighted by Crippen LogP contribution is 2.49. The summed E-state index contributed by atoms with van der Waals surface area (Å²) in [7, 11) is 0. The molecular weight excluding hydrogens is 200 g/mol. The predicted molar refractivity (Wildman–Crippen MR) is 63.0 cm³/mol. The zero-order valence-corrected chi connectivity index (χ0v) is 10.2. The molecule has 1 atom stereocenters. The largest absolute Gasteiger partial charge is 0.377 e. The lowest BCUT2D eigenvalue weighted by molar-refractivity contribution is 0.000685. The fourth-order valence-corrected chi connectivity index (χ4v) is 2.74. The van der Waals surface area contributed by atoms with Crippen molar-refractivity contribution in [2.75, 3.05) is 26.2 Å². The maximum absolute atomic E-state index is 8.81. The molecule has 16 heavy (non-hydrogen) atoms. The van der Waals surface area contributed by atoms with Crippen LogP contribution in [-0.4, -0.2) is 37.2 Å². The first-order chi connectivity index (χ1) is 7.78. The van der Waals surface area contributed by atoms with Crippen LogP contribution in [0.15, 0.2) is 0 Å². The van der Waals surface area contributed by atoms with Gasteiger partial charge in [-0.05, 0) is 44.6 Å².